The maximum atomic E-state index is 6.26. The van der Waals surface area contributed by atoms with Crippen LogP contribution < -0.4 is 5.73 Å². The van der Waals surface area contributed by atoms with Crippen LogP contribution in [0.5, 0.6) is 0 Å². The van der Waals surface area contributed by atoms with Crippen LogP contribution in [0.3, 0.4) is 0 Å². The monoisotopic (exact) mass is 235 g/mol. The first-order valence-corrected chi connectivity index (χ1v) is 6.96. The summed E-state index contributed by atoms with van der Waals surface area (Å²) in [4.78, 5) is 0. The lowest BCUT2D eigenvalue weighted by molar-refractivity contribution is 0.435. The first-order chi connectivity index (χ1) is 8.19. The summed E-state index contributed by atoms with van der Waals surface area (Å²) < 4.78 is 1.99. The van der Waals surface area contributed by atoms with Gasteiger partial charge >= 0.3 is 0 Å². The fraction of sp³-hybridized carbons (Fsp3) is 0.786. The first kappa shape index (κ1) is 12.6. The topological polar surface area (TPSA) is 43.8 Å². The van der Waals surface area contributed by atoms with E-state index in [1.807, 2.05) is 11.7 Å². The van der Waals surface area contributed by atoms with E-state index in [4.69, 9.17) is 5.73 Å². The summed E-state index contributed by atoms with van der Waals surface area (Å²) in [5, 5.41) is 4.48. The van der Waals surface area contributed by atoms with Gasteiger partial charge in [0.2, 0.25) is 0 Å². The lowest BCUT2D eigenvalue weighted by atomic mass is 9.96. The Morgan fingerprint density at radius 2 is 2.18 bits per heavy atom. The van der Waals surface area contributed by atoms with Crippen molar-refractivity contribution < 1.29 is 0 Å². The van der Waals surface area contributed by atoms with Crippen LogP contribution in [0.25, 0.3) is 0 Å². The van der Waals surface area contributed by atoms with Crippen molar-refractivity contribution in [3.8, 4) is 0 Å². The van der Waals surface area contributed by atoms with Crippen LogP contribution >= 0.6 is 0 Å². The maximum Gasteiger partial charge on any atom is 0.0624 e. The van der Waals surface area contributed by atoms with Crippen LogP contribution in [0.15, 0.2) is 6.07 Å². The summed E-state index contributed by atoms with van der Waals surface area (Å²) in [6.07, 6.45) is 8.75. The molecule has 3 heteroatoms. The average Bonchev–Trinajstić information content (AvgIpc) is 2.89. The minimum absolute atomic E-state index is 0.304. The molecule has 2 rings (SSSR count). The lowest BCUT2D eigenvalue weighted by Gasteiger charge is -2.16. The average molecular weight is 235 g/mol. The number of hydrogen-bond donors (Lipinski definition) is 1. The number of rotatable bonds is 5. The second-order valence-corrected chi connectivity index (χ2v) is 5.45. The van der Waals surface area contributed by atoms with E-state index in [0.717, 1.165) is 18.8 Å². The molecule has 1 aromatic rings. The Morgan fingerprint density at radius 1 is 1.47 bits per heavy atom. The largest absolute Gasteiger partial charge is 0.327 e. The van der Waals surface area contributed by atoms with Crippen molar-refractivity contribution >= 4 is 0 Å². The Morgan fingerprint density at radius 3 is 2.76 bits per heavy atom. The molecule has 2 N–H and O–H groups in total. The summed E-state index contributed by atoms with van der Waals surface area (Å²) in [7, 11) is 2.02. The number of nitrogens with two attached hydrogens (primary N) is 1. The number of nitrogens with zero attached hydrogens (tertiary/aromatic N) is 2. The van der Waals surface area contributed by atoms with E-state index < -0.39 is 0 Å². The molecule has 1 aromatic heterocycles. The molecule has 1 atom stereocenters. The number of aromatic nitrogens is 2. The van der Waals surface area contributed by atoms with E-state index in [1.165, 1.54) is 43.5 Å². The van der Waals surface area contributed by atoms with Gasteiger partial charge in [-0.3, -0.25) is 4.68 Å². The second kappa shape index (κ2) is 5.67. The van der Waals surface area contributed by atoms with Crippen LogP contribution in [-0.4, -0.2) is 15.8 Å². The van der Waals surface area contributed by atoms with Gasteiger partial charge in [-0.2, -0.15) is 5.10 Å². The molecule has 1 aliphatic carbocycles. The highest BCUT2D eigenvalue weighted by atomic mass is 15.3. The molecule has 0 spiro atoms. The van der Waals surface area contributed by atoms with Gasteiger partial charge in [0.15, 0.2) is 0 Å². The van der Waals surface area contributed by atoms with E-state index in [9.17, 15) is 0 Å². The van der Waals surface area contributed by atoms with Gasteiger partial charge in [-0.25, -0.2) is 0 Å². The molecule has 1 aliphatic rings. The van der Waals surface area contributed by atoms with Crippen molar-refractivity contribution in [3.63, 3.8) is 0 Å². The molecular weight excluding hydrogens is 210 g/mol. The van der Waals surface area contributed by atoms with Crippen molar-refractivity contribution in [1.82, 2.24) is 9.78 Å². The molecule has 0 saturated heterocycles. The summed E-state index contributed by atoms with van der Waals surface area (Å²) in [5.74, 6) is 0.879. The van der Waals surface area contributed by atoms with Crippen molar-refractivity contribution in [2.75, 3.05) is 0 Å². The second-order valence-electron chi connectivity index (χ2n) is 5.45. The molecule has 3 nitrogen and oxygen atoms in total. The zero-order chi connectivity index (χ0) is 12.3. The molecule has 0 aromatic carbocycles. The van der Waals surface area contributed by atoms with E-state index >= 15 is 0 Å². The molecule has 1 saturated carbocycles. The van der Waals surface area contributed by atoms with Gasteiger partial charge < -0.3 is 5.73 Å². The predicted molar refractivity (Wildman–Crippen MR) is 70.8 cm³/mol. The normalized spacial score (nSPS) is 18.8. The molecular formula is C14H25N3. The Kier molecular flexibility index (Phi) is 4.21. The van der Waals surface area contributed by atoms with Gasteiger partial charge in [0, 0.05) is 25.2 Å². The number of aryl methyl sites for hydroxylation is 2. The first-order valence-electron chi connectivity index (χ1n) is 6.96. The van der Waals surface area contributed by atoms with Gasteiger partial charge in [-0.15, -0.1) is 0 Å². The zero-order valence-corrected chi connectivity index (χ0v) is 11.2. The lowest BCUT2D eigenvalue weighted by Crippen LogP contribution is -2.26. The molecule has 1 fully saturated rings. The van der Waals surface area contributed by atoms with Crippen LogP contribution in [0.4, 0.5) is 0 Å². The highest BCUT2D eigenvalue weighted by Crippen LogP contribution is 2.28. The summed E-state index contributed by atoms with van der Waals surface area (Å²) in [5.41, 5.74) is 8.73. The summed E-state index contributed by atoms with van der Waals surface area (Å²) in [6, 6.07) is 2.51. The highest BCUT2D eigenvalue weighted by molar-refractivity contribution is 5.11. The van der Waals surface area contributed by atoms with Crippen LogP contribution in [0.2, 0.25) is 0 Å². The molecule has 1 heterocycles. The van der Waals surface area contributed by atoms with Gasteiger partial charge in [0.05, 0.1) is 5.69 Å². The number of hydrogen-bond acceptors (Lipinski definition) is 2. The Bertz CT molecular complexity index is 350. The van der Waals surface area contributed by atoms with Crippen LogP contribution in [-0.2, 0) is 19.9 Å². The van der Waals surface area contributed by atoms with Gasteiger partial charge in [-0.05, 0) is 24.8 Å². The molecule has 96 valence electrons. The zero-order valence-electron chi connectivity index (χ0n) is 11.2. The van der Waals surface area contributed by atoms with Crippen LogP contribution in [0.1, 0.15) is 50.4 Å². The smallest absolute Gasteiger partial charge is 0.0624 e. The molecule has 0 bridgehead atoms. The molecule has 0 amide bonds. The fourth-order valence-electron chi connectivity index (χ4n) is 2.96. The Labute approximate surface area is 104 Å². The fourth-order valence-corrected chi connectivity index (χ4v) is 2.96. The molecule has 17 heavy (non-hydrogen) atoms. The minimum Gasteiger partial charge on any atom is -0.327 e. The van der Waals surface area contributed by atoms with Crippen molar-refractivity contribution in [2.45, 2.75) is 57.9 Å². The van der Waals surface area contributed by atoms with Crippen molar-refractivity contribution in [1.29, 1.82) is 0 Å². The third kappa shape index (κ3) is 3.32. The molecule has 0 radical (unpaired) electrons. The third-order valence-electron chi connectivity index (χ3n) is 3.97. The van der Waals surface area contributed by atoms with E-state index in [-0.39, 0.29) is 0 Å². The molecule has 1 unspecified atom stereocenters. The van der Waals surface area contributed by atoms with Gasteiger partial charge in [0.1, 0.15) is 0 Å². The van der Waals surface area contributed by atoms with Gasteiger partial charge in [0.25, 0.3) is 0 Å². The minimum atomic E-state index is 0.304. The van der Waals surface area contributed by atoms with Gasteiger partial charge in [-0.1, -0.05) is 32.6 Å². The standard InChI is InChI=1S/C14H25N3/c1-3-13-10-14(17(2)16-13)9-12(15)8-11-6-4-5-7-11/h10-12H,3-9,15H2,1-2H3. The van der Waals surface area contributed by atoms with Crippen molar-refractivity contribution in [3.05, 3.63) is 17.5 Å². The van der Waals surface area contributed by atoms with Crippen LogP contribution in [0, 0.1) is 5.92 Å². The highest BCUT2D eigenvalue weighted by Gasteiger charge is 2.19. The maximum absolute atomic E-state index is 6.26. The Hall–Kier alpha value is -0.830. The third-order valence-corrected chi connectivity index (χ3v) is 3.97. The van der Waals surface area contributed by atoms with E-state index in [2.05, 4.69) is 18.1 Å². The van der Waals surface area contributed by atoms with E-state index in [0.29, 0.717) is 6.04 Å². The quantitative estimate of drug-likeness (QED) is 0.852. The van der Waals surface area contributed by atoms with E-state index in [1.54, 1.807) is 0 Å². The van der Waals surface area contributed by atoms with Crippen molar-refractivity contribution in [2.24, 2.45) is 18.7 Å². The molecule has 0 aliphatic heterocycles. The summed E-state index contributed by atoms with van der Waals surface area (Å²) >= 11 is 0. The Balaban J connectivity index is 1.87. The summed E-state index contributed by atoms with van der Waals surface area (Å²) in [6.45, 7) is 2.14. The SMILES string of the molecule is CCc1cc(CC(N)CC2CCCC2)n(C)n1. The predicted octanol–water partition coefficient (Wildman–Crippen LogP) is 2.43.